The molecule has 1 aromatic heterocycles. The Bertz CT molecular complexity index is 1410. The summed E-state index contributed by atoms with van der Waals surface area (Å²) in [6.45, 7) is 0. The van der Waals surface area contributed by atoms with Crippen LogP contribution in [0.25, 0.3) is 10.9 Å². The molecule has 0 radical (unpaired) electrons. The largest absolute Gasteiger partial charge is 0.508 e. The van der Waals surface area contributed by atoms with Crippen molar-refractivity contribution >= 4 is 28.7 Å². The van der Waals surface area contributed by atoms with Crippen LogP contribution in [0.1, 0.15) is 21.5 Å². The number of phenolic OH excluding ortho intramolecular Hbond substituents is 2. The first kappa shape index (κ1) is 25.3. The zero-order valence-corrected chi connectivity index (χ0v) is 20.1. The van der Waals surface area contributed by atoms with Gasteiger partial charge in [0.2, 0.25) is 5.91 Å². The van der Waals surface area contributed by atoms with Gasteiger partial charge in [-0.15, -0.1) is 0 Å². The van der Waals surface area contributed by atoms with Crippen LogP contribution in [0.3, 0.4) is 0 Å². The molecule has 37 heavy (non-hydrogen) atoms. The molecule has 4 aromatic rings. The van der Waals surface area contributed by atoms with Crippen LogP contribution in [0.15, 0.2) is 79.0 Å². The lowest BCUT2D eigenvalue weighted by Crippen LogP contribution is -2.53. The Hall–Kier alpha value is -4.79. The van der Waals surface area contributed by atoms with Gasteiger partial charge in [0.05, 0.1) is 0 Å². The summed E-state index contributed by atoms with van der Waals surface area (Å²) in [5.74, 6) is -3.07. The molecule has 5 N–H and O–H groups in total. The average molecular weight is 502 g/mol. The molecule has 0 saturated heterocycles. The van der Waals surface area contributed by atoms with E-state index in [-0.39, 0.29) is 29.9 Å². The second kappa shape index (κ2) is 10.9. The molecule has 9 nitrogen and oxygen atoms in total. The highest BCUT2D eigenvalue weighted by Crippen LogP contribution is 2.23. The van der Waals surface area contributed by atoms with Gasteiger partial charge in [0.15, 0.2) is 0 Å². The van der Waals surface area contributed by atoms with Crippen molar-refractivity contribution in [3.8, 4) is 11.5 Å². The van der Waals surface area contributed by atoms with Crippen molar-refractivity contribution in [2.45, 2.75) is 24.9 Å². The number of aromatic nitrogens is 1. The van der Waals surface area contributed by atoms with Crippen molar-refractivity contribution in [1.29, 1.82) is 0 Å². The van der Waals surface area contributed by atoms with Crippen molar-refractivity contribution in [1.82, 2.24) is 15.2 Å². The topological polar surface area (TPSA) is 143 Å². The monoisotopic (exact) mass is 501 g/mol. The predicted octanol–water partition coefficient (Wildman–Crippen LogP) is 3.07. The Morgan fingerprint density at radius 1 is 0.919 bits per heavy atom. The predicted molar refractivity (Wildman–Crippen MR) is 137 cm³/mol. The zero-order chi connectivity index (χ0) is 26.5. The van der Waals surface area contributed by atoms with Crippen molar-refractivity contribution in [2.75, 3.05) is 7.05 Å². The number of aromatic amines is 1. The Morgan fingerprint density at radius 3 is 2.24 bits per heavy atom. The first-order chi connectivity index (χ1) is 17.7. The van der Waals surface area contributed by atoms with Gasteiger partial charge in [-0.2, -0.15) is 0 Å². The minimum Gasteiger partial charge on any atom is -0.508 e. The van der Waals surface area contributed by atoms with Crippen LogP contribution >= 0.6 is 0 Å². The molecule has 0 aliphatic carbocycles. The average Bonchev–Trinajstić information content (AvgIpc) is 3.28. The standard InChI is InChI=1S/C28H27N3O6/c1-31(27(35)18-12-20(32)15-21(33)13-18)25(11-17-7-3-2-4-8-17)26(34)30-24(28(36)37)14-19-16-29-23-10-6-5-9-22(19)23/h2-10,12-13,15-16,24-25,29,32-33H,11,14H2,1H3,(H,30,34)(H,36,37)/t24-,25+/m0/s1. The van der Waals surface area contributed by atoms with E-state index in [9.17, 15) is 29.7 Å². The molecule has 0 saturated carbocycles. The third-order valence-corrected chi connectivity index (χ3v) is 6.23. The Morgan fingerprint density at radius 2 is 1.57 bits per heavy atom. The van der Waals surface area contributed by atoms with Crippen LogP contribution in [0.5, 0.6) is 11.5 Å². The number of likely N-dealkylation sites (N-methyl/N-ethyl adjacent to an activating group) is 1. The van der Waals surface area contributed by atoms with E-state index in [2.05, 4.69) is 10.3 Å². The van der Waals surface area contributed by atoms with Crippen molar-refractivity contribution in [3.05, 3.63) is 95.7 Å². The number of carboxylic acid groups (broad SMARTS) is 1. The normalized spacial score (nSPS) is 12.6. The van der Waals surface area contributed by atoms with Crippen LogP contribution < -0.4 is 5.32 Å². The summed E-state index contributed by atoms with van der Waals surface area (Å²) in [5.41, 5.74) is 2.35. The molecule has 2 atom stereocenters. The van der Waals surface area contributed by atoms with Gasteiger partial charge < -0.3 is 30.5 Å². The number of carboxylic acids is 1. The maximum Gasteiger partial charge on any atom is 0.326 e. The lowest BCUT2D eigenvalue weighted by Gasteiger charge is -2.29. The van der Waals surface area contributed by atoms with E-state index in [0.29, 0.717) is 0 Å². The molecule has 0 aliphatic heterocycles. The van der Waals surface area contributed by atoms with Gasteiger partial charge in [0.1, 0.15) is 23.6 Å². The molecule has 1 heterocycles. The van der Waals surface area contributed by atoms with Gasteiger partial charge in [0.25, 0.3) is 5.91 Å². The highest BCUT2D eigenvalue weighted by atomic mass is 16.4. The van der Waals surface area contributed by atoms with Crippen molar-refractivity contribution in [2.24, 2.45) is 0 Å². The SMILES string of the molecule is CN(C(=O)c1cc(O)cc(O)c1)[C@H](Cc1ccccc1)C(=O)N[C@@H](Cc1c[nH]c2ccccc12)C(=O)O. The molecular weight excluding hydrogens is 474 g/mol. The molecule has 9 heteroatoms. The zero-order valence-electron chi connectivity index (χ0n) is 20.1. The number of aliphatic carboxylic acids is 1. The summed E-state index contributed by atoms with van der Waals surface area (Å²) < 4.78 is 0. The van der Waals surface area contributed by atoms with Crippen LogP contribution in [-0.2, 0) is 22.4 Å². The number of nitrogens with one attached hydrogen (secondary N) is 2. The van der Waals surface area contributed by atoms with Crippen LogP contribution in [0.2, 0.25) is 0 Å². The summed E-state index contributed by atoms with van der Waals surface area (Å²) in [5, 5.41) is 33.0. The highest BCUT2D eigenvalue weighted by Gasteiger charge is 2.32. The molecule has 0 aliphatic rings. The second-order valence-electron chi connectivity index (χ2n) is 8.82. The number of carbonyl (C=O) groups excluding carboxylic acids is 2. The number of aromatic hydroxyl groups is 2. The molecule has 0 bridgehead atoms. The smallest absolute Gasteiger partial charge is 0.326 e. The van der Waals surface area contributed by atoms with Gasteiger partial charge in [-0.25, -0.2) is 4.79 Å². The number of para-hydroxylation sites is 1. The molecule has 4 rings (SSSR count). The minimum atomic E-state index is -1.24. The molecule has 0 unspecified atom stereocenters. The fourth-order valence-electron chi connectivity index (χ4n) is 4.30. The van der Waals surface area contributed by atoms with Crippen molar-refractivity contribution < 1.29 is 29.7 Å². The maximum atomic E-state index is 13.5. The van der Waals surface area contributed by atoms with Gasteiger partial charge in [-0.05, 0) is 29.3 Å². The van der Waals surface area contributed by atoms with Crippen LogP contribution in [-0.4, -0.2) is 62.1 Å². The maximum absolute atomic E-state index is 13.5. The molecule has 0 fully saturated rings. The van der Waals surface area contributed by atoms with Crippen molar-refractivity contribution in [3.63, 3.8) is 0 Å². The third kappa shape index (κ3) is 5.90. The van der Waals surface area contributed by atoms with Gasteiger partial charge in [-0.3, -0.25) is 9.59 Å². The van der Waals surface area contributed by atoms with Gasteiger partial charge >= 0.3 is 5.97 Å². The van der Waals surface area contributed by atoms with Gasteiger partial charge in [-0.1, -0.05) is 48.5 Å². The Labute approximate surface area is 213 Å². The number of nitrogens with zero attached hydrogens (tertiary/aromatic N) is 1. The molecule has 3 aromatic carbocycles. The minimum absolute atomic E-state index is 0.0144. The number of carbonyl (C=O) groups is 3. The summed E-state index contributed by atoms with van der Waals surface area (Å²) >= 11 is 0. The number of benzene rings is 3. The van der Waals surface area contributed by atoms with Crippen LogP contribution in [0, 0.1) is 0 Å². The number of fused-ring (bicyclic) bond motifs is 1. The van der Waals surface area contributed by atoms with Crippen LogP contribution in [0.4, 0.5) is 0 Å². The number of amides is 2. The molecule has 2 amide bonds. The van der Waals surface area contributed by atoms with Gasteiger partial charge in [0, 0.05) is 48.6 Å². The Balaban J connectivity index is 1.60. The molecular formula is C28H27N3O6. The first-order valence-electron chi connectivity index (χ1n) is 11.6. The molecule has 190 valence electrons. The fraction of sp³-hybridized carbons (Fsp3) is 0.179. The fourth-order valence-corrected chi connectivity index (χ4v) is 4.30. The number of rotatable bonds is 9. The summed E-state index contributed by atoms with van der Waals surface area (Å²) in [4.78, 5) is 43.1. The van der Waals surface area contributed by atoms with E-state index in [1.807, 2.05) is 30.3 Å². The lowest BCUT2D eigenvalue weighted by atomic mass is 10.0. The summed E-state index contributed by atoms with van der Waals surface area (Å²) in [7, 11) is 1.42. The number of H-pyrrole nitrogens is 1. The lowest BCUT2D eigenvalue weighted by molar-refractivity contribution is -0.142. The summed E-state index contributed by atoms with van der Waals surface area (Å²) in [6, 6.07) is 17.7. The second-order valence-corrected chi connectivity index (χ2v) is 8.82. The van der Waals surface area contributed by atoms with E-state index in [4.69, 9.17) is 0 Å². The van der Waals surface area contributed by atoms with E-state index in [0.717, 1.165) is 28.1 Å². The first-order valence-corrected chi connectivity index (χ1v) is 11.6. The van der Waals surface area contributed by atoms with E-state index < -0.39 is 29.9 Å². The summed E-state index contributed by atoms with van der Waals surface area (Å²) in [6.07, 6.45) is 1.89. The molecule has 0 spiro atoms. The van der Waals surface area contributed by atoms with E-state index in [1.54, 1.807) is 30.5 Å². The quantitative estimate of drug-likeness (QED) is 0.239. The van der Waals surface area contributed by atoms with E-state index in [1.165, 1.54) is 24.1 Å². The highest BCUT2D eigenvalue weighted by molar-refractivity contribution is 5.98. The number of hydrogen-bond donors (Lipinski definition) is 5. The van der Waals surface area contributed by atoms with E-state index >= 15 is 0 Å². The third-order valence-electron chi connectivity index (χ3n) is 6.23. The number of hydrogen-bond acceptors (Lipinski definition) is 5. The Kier molecular flexibility index (Phi) is 7.43. The number of phenols is 2.